The molecule has 2 aliphatic rings. The van der Waals surface area contributed by atoms with E-state index >= 15 is 0 Å². The molecule has 0 spiro atoms. The summed E-state index contributed by atoms with van der Waals surface area (Å²) in [5.41, 5.74) is -1.06. The van der Waals surface area contributed by atoms with Gasteiger partial charge in [0.05, 0.1) is 0 Å². The minimum atomic E-state index is -1.82. The Morgan fingerprint density at radius 3 is 1.19 bits per heavy atom. The standard InChI is InChI=1S/2C10H9F4N.C2H2O4/c2*11-6-1-7(10(14)8(12)2-6)9(13)5-3-15-4-5;3-1(4)2(5)6/h2*1-2,5,9,15H,3-4H2;(H,3,4)(H,5,6). The van der Waals surface area contributed by atoms with Crippen LogP contribution in [0.15, 0.2) is 24.3 Å². The van der Waals surface area contributed by atoms with Gasteiger partial charge in [0, 0.05) is 61.3 Å². The van der Waals surface area contributed by atoms with Crippen LogP contribution in [0, 0.1) is 46.7 Å². The minimum Gasteiger partial charge on any atom is -0.473 e. The van der Waals surface area contributed by atoms with Crippen molar-refractivity contribution in [3.8, 4) is 0 Å². The summed E-state index contributed by atoms with van der Waals surface area (Å²) in [4.78, 5) is 18.2. The number of nitrogens with one attached hydrogen (secondary N) is 2. The highest BCUT2D eigenvalue weighted by atomic mass is 19.2. The van der Waals surface area contributed by atoms with E-state index in [0.29, 0.717) is 50.4 Å². The second kappa shape index (κ2) is 12.6. The van der Waals surface area contributed by atoms with Gasteiger partial charge in [-0.25, -0.2) is 44.7 Å². The molecule has 0 aliphatic carbocycles. The summed E-state index contributed by atoms with van der Waals surface area (Å²) in [5.74, 6) is -11.7. The molecule has 0 amide bonds. The zero-order valence-electron chi connectivity index (χ0n) is 18.2. The monoisotopic (exact) mass is 528 g/mol. The van der Waals surface area contributed by atoms with Crippen LogP contribution in [0.2, 0.25) is 0 Å². The van der Waals surface area contributed by atoms with Crippen LogP contribution >= 0.6 is 0 Å². The summed E-state index contributed by atoms with van der Waals surface area (Å²) in [5, 5.41) is 20.4. The molecule has 36 heavy (non-hydrogen) atoms. The van der Waals surface area contributed by atoms with Crippen LogP contribution in [0.1, 0.15) is 23.5 Å². The van der Waals surface area contributed by atoms with E-state index in [4.69, 9.17) is 19.8 Å². The highest BCUT2D eigenvalue weighted by Gasteiger charge is 2.32. The maximum absolute atomic E-state index is 13.6. The van der Waals surface area contributed by atoms with Gasteiger partial charge in [-0.3, -0.25) is 0 Å². The molecule has 2 unspecified atom stereocenters. The van der Waals surface area contributed by atoms with Gasteiger partial charge in [0.25, 0.3) is 0 Å². The predicted octanol–water partition coefficient (Wildman–Crippen LogP) is 3.82. The van der Waals surface area contributed by atoms with Crippen molar-refractivity contribution in [1.29, 1.82) is 0 Å². The molecule has 14 heteroatoms. The van der Waals surface area contributed by atoms with E-state index in [1.54, 1.807) is 0 Å². The van der Waals surface area contributed by atoms with Crippen molar-refractivity contribution in [2.24, 2.45) is 11.8 Å². The third-order valence-electron chi connectivity index (χ3n) is 5.27. The van der Waals surface area contributed by atoms with Crippen molar-refractivity contribution in [2.45, 2.75) is 12.3 Å². The third kappa shape index (κ3) is 7.37. The lowest BCUT2D eigenvalue weighted by Gasteiger charge is -2.30. The van der Waals surface area contributed by atoms with Crippen LogP contribution in [0.25, 0.3) is 0 Å². The number of rotatable bonds is 4. The largest absolute Gasteiger partial charge is 0.473 e. The van der Waals surface area contributed by atoms with E-state index < -0.39 is 82.1 Å². The molecule has 2 aromatic rings. The molecule has 2 aliphatic heterocycles. The fourth-order valence-electron chi connectivity index (χ4n) is 3.10. The van der Waals surface area contributed by atoms with Gasteiger partial charge in [-0.05, 0) is 12.1 Å². The molecule has 2 fully saturated rings. The molecule has 0 aromatic heterocycles. The van der Waals surface area contributed by atoms with Gasteiger partial charge >= 0.3 is 11.9 Å². The fourth-order valence-corrected chi connectivity index (χ4v) is 3.10. The Hall–Kier alpha value is -3.26. The van der Waals surface area contributed by atoms with Crippen molar-refractivity contribution in [3.63, 3.8) is 0 Å². The fraction of sp³-hybridized carbons (Fsp3) is 0.364. The number of halogens is 8. The highest BCUT2D eigenvalue weighted by Crippen LogP contribution is 2.33. The van der Waals surface area contributed by atoms with Crippen molar-refractivity contribution in [3.05, 3.63) is 70.3 Å². The molecule has 0 saturated carbocycles. The van der Waals surface area contributed by atoms with E-state index in [1.165, 1.54) is 0 Å². The molecule has 2 saturated heterocycles. The molecule has 2 aromatic carbocycles. The van der Waals surface area contributed by atoms with Crippen molar-refractivity contribution < 1.29 is 54.9 Å². The van der Waals surface area contributed by atoms with E-state index in [1.807, 2.05) is 0 Å². The van der Waals surface area contributed by atoms with Crippen LogP contribution in [0.3, 0.4) is 0 Å². The van der Waals surface area contributed by atoms with Crippen molar-refractivity contribution in [1.82, 2.24) is 10.6 Å². The number of carboxylic acids is 2. The first-order valence-corrected chi connectivity index (χ1v) is 10.3. The summed E-state index contributed by atoms with van der Waals surface area (Å²) < 4.78 is 105. The van der Waals surface area contributed by atoms with Gasteiger partial charge in [0.15, 0.2) is 23.3 Å². The van der Waals surface area contributed by atoms with Crippen LogP contribution in [0.4, 0.5) is 35.1 Å². The zero-order chi connectivity index (χ0) is 27.2. The lowest BCUT2D eigenvalue weighted by atomic mass is 9.92. The topological polar surface area (TPSA) is 98.7 Å². The normalized spacial score (nSPS) is 16.8. The van der Waals surface area contributed by atoms with Gasteiger partial charge < -0.3 is 20.8 Å². The summed E-state index contributed by atoms with van der Waals surface area (Å²) >= 11 is 0. The third-order valence-corrected chi connectivity index (χ3v) is 5.27. The number of carbonyl (C=O) groups is 2. The van der Waals surface area contributed by atoms with E-state index in [9.17, 15) is 35.1 Å². The first kappa shape index (κ1) is 29.0. The van der Waals surface area contributed by atoms with Gasteiger partial charge in [-0.1, -0.05) is 0 Å². The predicted molar refractivity (Wildman–Crippen MR) is 108 cm³/mol. The molecule has 0 radical (unpaired) electrons. The summed E-state index contributed by atoms with van der Waals surface area (Å²) in [6, 6.07) is 2.23. The first-order valence-electron chi connectivity index (χ1n) is 10.3. The number of benzene rings is 2. The van der Waals surface area contributed by atoms with Crippen LogP contribution < -0.4 is 10.6 Å². The van der Waals surface area contributed by atoms with E-state index in [-0.39, 0.29) is 0 Å². The zero-order valence-corrected chi connectivity index (χ0v) is 18.2. The maximum atomic E-state index is 13.6. The molecule has 2 heterocycles. The lowest BCUT2D eigenvalue weighted by molar-refractivity contribution is -0.159. The lowest BCUT2D eigenvalue weighted by Crippen LogP contribution is -2.44. The maximum Gasteiger partial charge on any atom is 0.414 e. The second-order valence-electron chi connectivity index (χ2n) is 7.83. The molecule has 0 bridgehead atoms. The Balaban J connectivity index is 0.000000208. The Bertz CT molecular complexity index is 1010. The summed E-state index contributed by atoms with van der Waals surface area (Å²) in [6.07, 6.45) is -3.31. The number of alkyl halides is 2. The van der Waals surface area contributed by atoms with E-state index in [2.05, 4.69) is 10.6 Å². The Morgan fingerprint density at radius 2 is 0.972 bits per heavy atom. The van der Waals surface area contributed by atoms with Gasteiger partial charge in [-0.2, -0.15) is 0 Å². The van der Waals surface area contributed by atoms with Gasteiger partial charge in [0.2, 0.25) is 0 Å². The first-order chi connectivity index (χ1) is 16.8. The van der Waals surface area contributed by atoms with E-state index in [0.717, 1.165) is 0 Å². The number of hydrogen-bond donors (Lipinski definition) is 4. The number of hydrogen-bond acceptors (Lipinski definition) is 4. The smallest absolute Gasteiger partial charge is 0.414 e. The molecular weight excluding hydrogens is 508 g/mol. The quantitative estimate of drug-likeness (QED) is 0.274. The van der Waals surface area contributed by atoms with Crippen molar-refractivity contribution in [2.75, 3.05) is 26.2 Å². The number of aliphatic carboxylic acids is 2. The Morgan fingerprint density at radius 1 is 0.667 bits per heavy atom. The molecule has 4 N–H and O–H groups in total. The molecule has 198 valence electrons. The second-order valence-corrected chi connectivity index (χ2v) is 7.83. The average Bonchev–Trinajstić information content (AvgIpc) is 2.71. The Kier molecular flexibility index (Phi) is 10.2. The van der Waals surface area contributed by atoms with Crippen LogP contribution in [0.5, 0.6) is 0 Å². The molecule has 6 nitrogen and oxygen atoms in total. The SMILES string of the molecule is Fc1cc(F)c(F)c(C(F)C2CNC2)c1.Fc1cc(F)c(F)c(C(F)C2CNC2)c1.O=C(O)C(=O)O. The molecule has 2 atom stereocenters. The average molecular weight is 528 g/mol. The molecule has 4 rings (SSSR count). The highest BCUT2D eigenvalue weighted by molar-refractivity contribution is 6.27. The Labute approximate surface area is 198 Å². The summed E-state index contributed by atoms with van der Waals surface area (Å²) in [6.45, 7) is 1.61. The van der Waals surface area contributed by atoms with Crippen molar-refractivity contribution >= 4 is 11.9 Å². The number of carboxylic acid groups (broad SMARTS) is 2. The van der Waals surface area contributed by atoms with Gasteiger partial charge in [-0.15, -0.1) is 0 Å². The van der Waals surface area contributed by atoms with Crippen LogP contribution in [-0.2, 0) is 9.59 Å². The molecular formula is C22H20F8N2O4. The summed E-state index contributed by atoms with van der Waals surface area (Å²) in [7, 11) is 0. The van der Waals surface area contributed by atoms with Gasteiger partial charge in [0.1, 0.15) is 24.0 Å². The minimum absolute atomic E-state index is 0.402. The van der Waals surface area contributed by atoms with Crippen LogP contribution in [-0.4, -0.2) is 48.3 Å².